The van der Waals surface area contributed by atoms with Gasteiger partial charge in [0.2, 0.25) is 0 Å². The molecule has 208 valence electrons. The number of benzene rings is 2. The number of nitro benzene ring substituents is 1. The molecular formula is C24H27F6N5O3. The fourth-order valence-electron chi connectivity index (χ4n) is 3.90. The van der Waals surface area contributed by atoms with Crippen LogP contribution in [0.3, 0.4) is 0 Å². The molecule has 0 N–H and O–H groups in total. The lowest BCUT2D eigenvalue weighted by atomic mass is 10.1. The number of alkyl halides is 6. The number of carbonyl (C=O) groups is 1. The first-order valence-electron chi connectivity index (χ1n) is 11.8. The number of hydrogen-bond acceptors (Lipinski definition) is 6. The van der Waals surface area contributed by atoms with Crippen molar-refractivity contribution in [1.82, 2.24) is 0 Å². The minimum atomic E-state index is -5.23. The minimum Gasteiger partial charge on any atom is -0.372 e. The lowest BCUT2D eigenvalue weighted by Crippen LogP contribution is -2.47. The average Bonchev–Trinajstić information content (AvgIpc) is 2.85. The average molecular weight is 548 g/mol. The van der Waals surface area contributed by atoms with E-state index >= 15 is 0 Å². The highest BCUT2D eigenvalue weighted by Crippen LogP contribution is 2.41. The van der Waals surface area contributed by atoms with E-state index in [0.29, 0.717) is 29.7 Å². The number of nitro groups is 1. The first-order valence-corrected chi connectivity index (χ1v) is 11.8. The van der Waals surface area contributed by atoms with Crippen LogP contribution in [0.1, 0.15) is 46.1 Å². The normalized spacial score (nSPS) is 12.3. The van der Waals surface area contributed by atoms with E-state index in [1.165, 1.54) is 18.2 Å². The largest absolute Gasteiger partial charge is 0.471 e. The second-order valence-corrected chi connectivity index (χ2v) is 8.14. The Kier molecular flexibility index (Phi) is 9.81. The van der Waals surface area contributed by atoms with Crippen LogP contribution in [-0.4, -0.2) is 36.1 Å². The van der Waals surface area contributed by atoms with Gasteiger partial charge < -0.3 is 4.90 Å². The van der Waals surface area contributed by atoms with Crippen molar-refractivity contribution >= 4 is 34.3 Å². The molecule has 8 nitrogen and oxygen atoms in total. The van der Waals surface area contributed by atoms with Crippen LogP contribution < -0.4 is 9.80 Å². The quantitative estimate of drug-likeness (QED) is 0.131. The molecule has 0 aromatic heterocycles. The smallest absolute Gasteiger partial charge is 0.372 e. The Hall–Kier alpha value is -3.71. The van der Waals surface area contributed by atoms with Gasteiger partial charge >= 0.3 is 18.3 Å². The van der Waals surface area contributed by atoms with Crippen LogP contribution in [0.2, 0.25) is 0 Å². The van der Waals surface area contributed by atoms with Crippen LogP contribution in [0.4, 0.5) is 54.8 Å². The van der Waals surface area contributed by atoms with Gasteiger partial charge in [-0.1, -0.05) is 13.8 Å². The lowest BCUT2D eigenvalue weighted by molar-refractivity contribution is -0.385. The molecular weight excluding hydrogens is 520 g/mol. The number of hydrogen-bond donors (Lipinski definition) is 0. The van der Waals surface area contributed by atoms with Gasteiger partial charge in [0.1, 0.15) is 5.69 Å². The van der Waals surface area contributed by atoms with Crippen LogP contribution >= 0.6 is 0 Å². The van der Waals surface area contributed by atoms with E-state index < -0.39 is 46.2 Å². The summed E-state index contributed by atoms with van der Waals surface area (Å²) >= 11 is 0. The fraction of sp³-hybridized carbons (Fsp3) is 0.458. The third kappa shape index (κ3) is 6.98. The summed E-state index contributed by atoms with van der Waals surface area (Å²) in [6.45, 7) is 7.84. The summed E-state index contributed by atoms with van der Waals surface area (Å²) in [7, 11) is 0. The Balaban J connectivity index is 2.80. The summed E-state index contributed by atoms with van der Waals surface area (Å²) in [6.07, 6.45) is -9.94. The third-order valence-electron chi connectivity index (χ3n) is 5.88. The van der Waals surface area contributed by atoms with Gasteiger partial charge in [-0.25, -0.2) is 0 Å². The molecule has 0 heterocycles. The highest BCUT2D eigenvalue weighted by Gasteiger charge is 2.45. The monoisotopic (exact) mass is 547 g/mol. The topological polar surface area (TPSA) is 91.4 Å². The van der Waals surface area contributed by atoms with Gasteiger partial charge in [-0.3, -0.25) is 19.8 Å². The second-order valence-electron chi connectivity index (χ2n) is 8.14. The fourth-order valence-corrected chi connectivity index (χ4v) is 3.90. The number of non-ortho nitro benzene ring substituents is 1. The zero-order chi connectivity index (χ0) is 28.8. The Morgan fingerprint density at radius 3 is 1.95 bits per heavy atom. The van der Waals surface area contributed by atoms with E-state index in [0.717, 1.165) is 12.1 Å². The molecule has 2 aromatic rings. The van der Waals surface area contributed by atoms with Crippen LogP contribution in [0.25, 0.3) is 0 Å². The van der Waals surface area contributed by atoms with E-state index in [1.54, 1.807) is 13.8 Å². The summed E-state index contributed by atoms with van der Waals surface area (Å²) in [5.74, 6) is -2.15. The summed E-state index contributed by atoms with van der Waals surface area (Å²) in [6, 6.07) is 5.05. The molecule has 14 heteroatoms. The van der Waals surface area contributed by atoms with E-state index in [2.05, 4.69) is 10.2 Å². The van der Waals surface area contributed by atoms with Crippen molar-refractivity contribution in [2.24, 2.45) is 10.2 Å². The van der Waals surface area contributed by atoms with Crippen LogP contribution in [-0.2, 0) is 11.0 Å². The maximum absolute atomic E-state index is 13.6. The number of nitrogens with zero attached hydrogens (tertiary/aromatic N) is 5. The Morgan fingerprint density at radius 2 is 1.47 bits per heavy atom. The van der Waals surface area contributed by atoms with E-state index in [4.69, 9.17) is 0 Å². The van der Waals surface area contributed by atoms with Crippen molar-refractivity contribution in [3.05, 3.63) is 52.1 Å². The zero-order valence-corrected chi connectivity index (χ0v) is 21.1. The number of amides is 1. The van der Waals surface area contributed by atoms with Crippen molar-refractivity contribution in [2.45, 2.75) is 58.9 Å². The number of azo groups is 1. The van der Waals surface area contributed by atoms with Gasteiger partial charge in [0, 0.05) is 37.0 Å². The summed E-state index contributed by atoms with van der Waals surface area (Å²) in [5.41, 5.74) is -3.13. The highest BCUT2D eigenvalue weighted by atomic mass is 19.4. The van der Waals surface area contributed by atoms with Crippen molar-refractivity contribution in [3.63, 3.8) is 0 Å². The number of halogens is 6. The molecule has 2 rings (SSSR count). The predicted molar refractivity (Wildman–Crippen MR) is 130 cm³/mol. The molecule has 0 aliphatic carbocycles. The van der Waals surface area contributed by atoms with E-state index in [9.17, 15) is 41.3 Å². The standard InChI is InChI=1S/C24H27F6N5O3/c1-5-15(6-2)34(22(36)24(28,29)30)21-14-16(33(7-3)8-4)9-12-20(21)32-31-19-11-10-17(35(37)38)13-18(19)23(25,26)27/h9-15H,5-8H2,1-4H3. The van der Waals surface area contributed by atoms with Crippen LogP contribution in [0.5, 0.6) is 0 Å². The highest BCUT2D eigenvalue weighted by molar-refractivity contribution is 6.00. The lowest BCUT2D eigenvalue weighted by Gasteiger charge is -2.33. The second kappa shape index (κ2) is 12.2. The Bertz CT molecular complexity index is 1180. The van der Waals surface area contributed by atoms with Crippen molar-refractivity contribution in [1.29, 1.82) is 0 Å². The molecule has 1 amide bonds. The maximum Gasteiger partial charge on any atom is 0.471 e. The maximum atomic E-state index is 13.6. The number of anilines is 2. The van der Waals surface area contributed by atoms with Gasteiger partial charge in [0.15, 0.2) is 0 Å². The molecule has 0 aliphatic rings. The molecule has 0 saturated carbocycles. The van der Waals surface area contributed by atoms with Crippen LogP contribution in [0.15, 0.2) is 46.6 Å². The SMILES string of the molecule is CCC(CC)N(C(=O)C(F)(F)F)c1cc(N(CC)CC)ccc1N=Nc1ccc([N+](=O)[O-])cc1C(F)(F)F. The molecule has 0 bridgehead atoms. The molecule has 0 saturated heterocycles. The van der Waals surface area contributed by atoms with Crippen molar-refractivity contribution < 1.29 is 36.1 Å². The van der Waals surface area contributed by atoms with Gasteiger partial charge in [0.25, 0.3) is 5.69 Å². The molecule has 0 fully saturated rings. The number of rotatable bonds is 10. The Labute approximate surface area is 215 Å². The van der Waals surface area contributed by atoms with Gasteiger partial charge in [-0.2, -0.15) is 26.3 Å². The predicted octanol–water partition coefficient (Wildman–Crippen LogP) is 7.96. The van der Waals surface area contributed by atoms with E-state index in [-0.39, 0.29) is 24.2 Å². The molecule has 0 spiro atoms. The Morgan fingerprint density at radius 1 is 0.921 bits per heavy atom. The molecule has 0 atom stereocenters. The number of carbonyl (C=O) groups excluding carboxylic acids is 1. The van der Waals surface area contributed by atoms with E-state index in [1.807, 2.05) is 18.7 Å². The molecule has 0 aliphatic heterocycles. The van der Waals surface area contributed by atoms with Gasteiger partial charge in [-0.15, -0.1) is 10.2 Å². The zero-order valence-electron chi connectivity index (χ0n) is 21.1. The first-order chi connectivity index (χ1) is 17.7. The molecule has 38 heavy (non-hydrogen) atoms. The summed E-state index contributed by atoms with van der Waals surface area (Å²) < 4.78 is 81.6. The van der Waals surface area contributed by atoms with Crippen molar-refractivity contribution in [2.75, 3.05) is 22.9 Å². The molecule has 0 unspecified atom stereocenters. The minimum absolute atomic E-state index is 0.158. The van der Waals surface area contributed by atoms with Crippen molar-refractivity contribution in [3.8, 4) is 0 Å². The van der Waals surface area contributed by atoms with Gasteiger partial charge in [0.05, 0.1) is 21.9 Å². The summed E-state index contributed by atoms with van der Waals surface area (Å²) in [4.78, 5) is 24.9. The van der Waals surface area contributed by atoms with Crippen LogP contribution in [0, 0.1) is 10.1 Å². The third-order valence-corrected chi connectivity index (χ3v) is 5.88. The molecule has 0 radical (unpaired) electrons. The first kappa shape index (κ1) is 30.5. The summed E-state index contributed by atoms with van der Waals surface area (Å²) in [5, 5.41) is 18.3. The van der Waals surface area contributed by atoms with Gasteiger partial charge in [-0.05, 0) is 51.0 Å². The molecule has 2 aromatic carbocycles.